The van der Waals surface area contributed by atoms with Gasteiger partial charge in [0.25, 0.3) is 0 Å². The van der Waals surface area contributed by atoms with Gasteiger partial charge in [0.05, 0.1) is 11.6 Å². The van der Waals surface area contributed by atoms with Crippen LogP contribution < -0.4 is 10.2 Å². The van der Waals surface area contributed by atoms with Crippen LogP contribution >= 0.6 is 0 Å². The van der Waals surface area contributed by atoms with Gasteiger partial charge >= 0.3 is 0 Å². The van der Waals surface area contributed by atoms with Crippen molar-refractivity contribution in [2.45, 2.75) is 90.9 Å². The van der Waals surface area contributed by atoms with Gasteiger partial charge in [-0.3, -0.25) is 0 Å². The number of fused-ring (bicyclic) bond motifs is 1. The lowest BCUT2D eigenvalue weighted by atomic mass is 9.89. The van der Waals surface area contributed by atoms with Crippen LogP contribution in [0.25, 0.3) is 0 Å². The molecular formula is C37H49N3. The highest BCUT2D eigenvalue weighted by atomic mass is 15.1. The molecule has 3 nitrogen and oxygen atoms in total. The molecule has 212 valence electrons. The summed E-state index contributed by atoms with van der Waals surface area (Å²) >= 11 is 0. The summed E-state index contributed by atoms with van der Waals surface area (Å²) in [5.74, 6) is 0.708. The quantitative estimate of drug-likeness (QED) is 0.280. The van der Waals surface area contributed by atoms with Crippen molar-refractivity contribution in [1.29, 1.82) is 5.26 Å². The maximum Gasteiger partial charge on any atom is 0.0994 e. The first-order chi connectivity index (χ1) is 19.6. The van der Waals surface area contributed by atoms with Crippen molar-refractivity contribution in [3.8, 4) is 6.07 Å². The van der Waals surface area contributed by atoms with Gasteiger partial charge in [-0.05, 0) is 116 Å². The molecule has 3 aromatic rings. The predicted octanol–water partition coefficient (Wildman–Crippen LogP) is 8.37. The van der Waals surface area contributed by atoms with Crippen LogP contribution in [0.3, 0.4) is 0 Å². The molecule has 0 unspecified atom stereocenters. The van der Waals surface area contributed by atoms with E-state index in [9.17, 15) is 5.26 Å². The van der Waals surface area contributed by atoms with Crippen LogP contribution in [0.15, 0.2) is 60.7 Å². The number of anilines is 1. The second kappa shape index (κ2) is 15.6. The lowest BCUT2D eigenvalue weighted by Gasteiger charge is -2.32. The standard InChI is InChI=1S/C21H24N2.C16H25N/c1-2-18-6-5-17(14-21(18)15-22)13-16-3-7-19(8-4-16)20-9-11-23-12-10-20;1-3-5-6-11-17-12-7-8-15-10-9-14(4-2)13-16(15)17/h3-8,14,20,23H,2,9-13H2,1H3;9-10,13H,3-8,11-12H2,1-2H3. The number of nitriles is 1. The Hall–Kier alpha value is -3.09. The topological polar surface area (TPSA) is 39.1 Å². The normalized spacial score (nSPS) is 15.1. The number of hydrogen-bond acceptors (Lipinski definition) is 3. The molecule has 3 heteroatoms. The van der Waals surface area contributed by atoms with Gasteiger partial charge in [-0.2, -0.15) is 5.26 Å². The van der Waals surface area contributed by atoms with Crippen LogP contribution in [-0.4, -0.2) is 26.2 Å². The molecule has 2 heterocycles. The Bertz CT molecular complexity index is 1230. The molecule has 0 bridgehead atoms. The first-order valence-electron chi connectivity index (χ1n) is 15.8. The summed E-state index contributed by atoms with van der Waals surface area (Å²) in [4.78, 5) is 2.60. The smallest absolute Gasteiger partial charge is 0.0994 e. The summed E-state index contributed by atoms with van der Waals surface area (Å²) in [5, 5.41) is 12.7. The van der Waals surface area contributed by atoms with E-state index in [2.05, 4.69) is 91.7 Å². The SMILES string of the molecule is CCCCCN1CCCc2ccc(CC)cc21.CCc1ccc(Cc2ccc(C3CCNCC3)cc2)cc1C#N. The average Bonchev–Trinajstić information content (AvgIpc) is 3.02. The molecule has 1 fully saturated rings. The number of hydrogen-bond donors (Lipinski definition) is 1. The van der Waals surface area contributed by atoms with E-state index in [1.165, 1.54) is 86.0 Å². The zero-order valence-electron chi connectivity index (χ0n) is 25.1. The Morgan fingerprint density at radius 2 is 1.60 bits per heavy atom. The fraction of sp³-hybridized carbons (Fsp3) is 0.486. The van der Waals surface area contributed by atoms with Gasteiger partial charge in [0.2, 0.25) is 0 Å². The van der Waals surface area contributed by atoms with Crippen LogP contribution in [0.1, 0.15) is 104 Å². The first kappa shape index (κ1) is 29.9. The van der Waals surface area contributed by atoms with E-state index < -0.39 is 0 Å². The molecule has 1 N–H and O–H groups in total. The molecule has 0 aliphatic carbocycles. The molecule has 0 atom stereocenters. The molecule has 0 saturated carbocycles. The molecule has 0 radical (unpaired) electrons. The van der Waals surface area contributed by atoms with Gasteiger partial charge in [-0.15, -0.1) is 0 Å². The van der Waals surface area contributed by atoms with Gasteiger partial charge in [-0.1, -0.05) is 82.1 Å². The number of rotatable bonds is 9. The van der Waals surface area contributed by atoms with Gasteiger partial charge in [0, 0.05) is 18.8 Å². The Labute approximate surface area is 243 Å². The van der Waals surface area contributed by atoms with Crippen molar-refractivity contribution in [2.24, 2.45) is 0 Å². The lowest BCUT2D eigenvalue weighted by molar-refractivity contribution is 0.460. The number of piperidine rings is 1. The van der Waals surface area contributed by atoms with Crippen molar-refractivity contribution < 1.29 is 0 Å². The number of nitrogens with one attached hydrogen (secondary N) is 1. The minimum atomic E-state index is 0.708. The maximum absolute atomic E-state index is 9.27. The monoisotopic (exact) mass is 535 g/mol. The number of unbranched alkanes of at least 4 members (excludes halogenated alkanes) is 2. The van der Waals surface area contributed by atoms with E-state index in [1.54, 1.807) is 5.56 Å². The number of nitrogens with zero attached hydrogens (tertiary/aromatic N) is 2. The second-order valence-electron chi connectivity index (χ2n) is 11.5. The Balaban J connectivity index is 0.000000194. The van der Waals surface area contributed by atoms with Crippen molar-refractivity contribution in [1.82, 2.24) is 5.32 Å². The minimum Gasteiger partial charge on any atom is -0.371 e. The summed E-state index contributed by atoms with van der Waals surface area (Å²) < 4.78 is 0. The molecule has 2 aliphatic heterocycles. The van der Waals surface area contributed by atoms with Crippen LogP contribution in [-0.2, 0) is 25.7 Å². The highest BCUT2D eigenvalue weighted by Gasteiger charge is 2.17. The van der Waals surface area contributed by atoms with Gasteiger partial charge in [0.15, 0.2) is 0 Å². The highest BCUT2D eigenvalue weighted by Crippen LogP contribution is 2.29. The van der Waals surface area contributed by atoms with Crippen LogP contribution in [0.4, 0.5) is 5.69 Å². The molecule has 0 aromatic heterocycles. The summed E-state index contributed by atoms with van der Waals surface area (Å²) in [5.41, 5.74) is 10.5. The molecule has 0 amide bonds. The van der Waals surface area contributed by atoms with Gasteiger partial charge in [0.1, 0.15) is 0 Å². The van der Waals surface area contributed by atoms with E-state index in [-0.39, 0.29) is 0 Å². The zero-order chi connectivity index (χ0) is 28.2. The van der Waals surface area contributed by atoms with Crippen molar-refractivity contribution >= 4 is 5.69 Å². The van der Waals surface area contributed by atoms with E-state index in [1.807, 2.05) is 6.07 Å². The number of benzene rings is 3. The van der Waals surface area contributed by atoms with Crippen molar-refractivity contribution in [3.63, 3.8) is 0 Å². The fourth-order valence-corrected chi connectivity index (χ4v) is 6.15. The summed E-state index contributed by atoms with van der Waals surface area (Å²) in [7, 11) is 0. The zero-order valence-corrected chi connectivity index (χ0v) is 25.1. The third-order valence-electron chi connectivity index (χ3n) is 8.68. The van der Waals surface area contributed by atoms with Crippen molar-refractivity contribution in [2.75, 3.05) is 31.1 Å². The summed E-state index contributed by atoms with van der Waals surface area (Å²) in [6.07, 6.45) is 12.0. The Morgan fingerprint density at radius 1 is 0.850 bits per heavy atom. The molecule has 2 aliphatic rings. The molecule has 5 rings (SSSR count). The van der Waals surface area contributed by atoms with Crippen LogP contribution in [0.5, 0.6) is 0 Å². The fourth-order valence-electron chi connectivity index (χ4n) is 6.15. The summed E-state index contributed by atoms with van der Waals surface area (Å²) in [6, 6.07) is 24.7. The largest absolute Gasteiger partial charge is 0.371 e. The Morgan fingerprint density at radius 3 is 2.30 bits per heavy atom. The minimum absolute atomic E-state index is 0.708. The molecule has 3 aromatic carbocycles. The predicted molar refractivity (Wildman–Crippen MR) is 171 cm³/mol. The molecular weight excluding hydrogens is 486 g/mol. The maximum atomic E-state index is 9.27. The van der Waals surface area contributed by atoms with Crippen LogP contribution in [0, 0.1) is 11.3 Å². The third-order valence-corrected chi connectivity index (χ3v) is 8.68. The van der Waals surface area contributed by atoms with Crippen molar-refractivity contribution in [3.05, 3.63) is 99.6 Å². The highest BCUT2D eigenvalue weighted by molar-refractivity contribution is 5.57. The number of aryl methyl sites for hydroxylation is 3. The summed E-state index contributed by atoms with van der Waals surface area (Å²) in [6.45, 7) is 11.4. The van der Waals surface area contributed by atoms with E-state index in [0.29, 0.717) is 5.92 Å². The third kappa shape index (κ3) is 8.21. The second-order valence-corrected chi connectivity index (χ2v) is 11.5. The van der Waals surface area contributed by atoms with E-state index in [4.69, 9.17) is 0 Å². The molecule has 40 heavy (non-hydrogen) atoms. The Kier molecular flexibility index (Phi) is 11.7. The average molecular weight is 536 g/mol. The lowest BCUT2D eigenvalue weighted by Crippen LogP contribution is -2.30. The van der Waals surface area contributed by atoms with E-state index >= 15 is 0 Å². The first-order valence-corrected chi connectivity index (χ1v) is 15.8. The molecule has 1 saturated heterocycles. The van der Waals surface area contributed by atoms with E-state index in [0.717, 1.165) is 43.5 Å². The van der Waals surface area contributed by atoms with Crippen LogP contribution in [0.2, 0.25) is 0 Å². The van der Waals surface area contributed by atoms with Gasteiger partial charge < -0.3 is 10.2 Å². The van der Waals surface area contributed by atoms with Gasteiger partial charge in [-0.25, -0.2) is 0 Å². The molecule has 0 spiro atoms.